The summed E-state index contributed by atoms with van der Waals surface area (Å²) in [4.78, 5) is 0. The molecule has 1 aliphatic rings. The second kappa shape index (κ2) is 4.64. The third-order valence-corrected chi connectivity index (χ3v) is 3.01. The number of ether oxygens (including phenoxy) is 2. The molecule has 2 rings (SSSR count). The van der Waals surface area contributed by atoms with Crippen LogP contribution >= 0.6 is 0 Å². The Kier molecular flexibility index (Phi) is 3.22. The molecule has 0 bridgehead atoms. The van der Waals surface area contributed by atoms with E-state index >= 15 is 0 Å². The monoisotopic (exact) mass is 221 g/mol. The van der Waals surface area contributed by atoms with E-state index in [9.17, 15) is 0 Å². The molecule has 1 saturated carbocycles. The minimum Gasteiger partial charge on any atom is -0.493 e. The lowest BCUT2D eigenvalue weighted by Gasteiger charge is -2.14. The molecule has 0 atom stereocenters. The first-order chi connectivity index (χ1) is 7.74. The van der Waals surface area contributed by atoms with Crippen LogP contribution in [0.4, 0.5) is 5.69 Å². The van der Waals surface area contributed by atoms with Gasteiger partial charge in [-0.25, -0.2) is 0 Å². The van der Waals surface area contributed by atoms with Crippen LogP contribution in [0.15, 0.2) is 12.1 Å². The number of hydrogen-bond donors (Lipinski definition) is 1. The van der Waals surface area contributed by atoms with E-state index in [0.717, 1.165) is 29.6 Å². The van der Waals surface area contributed by atoms with Crippen LogP contribution in [-0.4, -0.2) is 20.8 Å². The fourth-order valence-corrected chi connectivity index (χ4v) is 1.75. The van der Waals surface area contributed by atoms with Crippen LogP contribution in [0.1, 0.15) is 18.4 Å². The van der Waals surface area contributed by atoms with Gasteiger partial charge in [-0.05, 0) is 37.3 Å². The highest BCUT2D eigenvalue weighted by Gasteiger charge is 2.21. The van der Waals surface area contributed by atoms with Crippen molar-refractivity contribution in [3.05, 3.63) is 17.7 Å². The first kappa shape index (κ1) is 11.1. The van der Waals surface area contributed by atoms with Crippen molar-refractivity contribution >= 4 is 5.69 Å². The summed E-state index contributed by atoms with van der Waals surface area (Å²) < 4.78 is 10.5. The molecule has 0 amide bonds. The van der Waals surface area contributed by atoms with Crippen molar-refractivity contribution in [1.82, 2.24) is 0 Å². The average molecular weight is 221 g/mol. The van der Waals surface area contributed by atoms with Gasteiger partial charge in [0.25, 0.3) is 0 Å². The molecule has 1 aliphatic carbocycles. The van der Waals surface area contributed by atoms with E-state index in [-0.39, 0.29) is 0 Å². The van der Waals surface area contributed by atoms with Crippen molar-refractivity contribution in [2.45, 2.75) is 19.8 Å². The van der Waals surface area contributed by atoms with E-state index in [1.807, 2.05) is 12.1 Å². The molecule has 0 spiro atoms. The Morgan fingerprint density at radius 2 is 1.81 bits per heavy atom. The summed E-state index contributed by atoms with van der Waals surface area (Å²) in [7, 11) is 3.33. The minimum absolute atomic E-state index is 0.784. The number of rotatable bonds is 5. The van der Waals surface area contributed by atoms with E-state index in [4.69, 9.17) is 9.47 Å². The van der Waals surface area contributed by atoms with Crippen molar-refractivity contribution < 1.29 is 9.47 Å². The van der Waals surface area contributed by atoms with Crippen LogP contribution in [0.3, 0.4) is 0 Å². The van der Waals surface area contributed by atoms with Crippen molar-refractivity contribution in [3.8, 4) is 11.5 Å². The lowest BCUT2D eigenvalue weighted by Crippen LogP contribution is -2.05. The summed E-state index contributed by atoms with van der Waals surface area (Å²) in [6, 6.07) is 4.02. The highest BCUT2D eigenvalue weighted by atomic mass is 16.5. The zero-order valence-corrected chi connectivity index (χ0v) is 10.2. The third kappa shape index (κ3) is 2.40. The zero-order valence-electron chi connectivity index (χ0n) is 10.2. The molecule has 1 N–H and O–H groups in total. The Bertz CT molecular complexity index is 372. The molecule has 1 aromatic carbocycles. The SMILES string of the molecule is COc1cc(C)c(NCC2CC2)cc1OC. The predicted octanol–water partition coefficient (Wildman–Crippen LogP) is 2.83. The van der Waals surface area contributed by atoms with Gasteiger partial charge in [-0.2, -0.15) is 0 Å². The van der Waals surface area contributed by atoms with Crippen molar-refractivity contribution in [2.24, 2.45) is 5.92 Å². The third-order valence-electron chi connectivity index (χ3n) is 3.01. The second-order valence-corrected chi connectivity index (χ2v) is 4.35. The minimum atomic E-state index is 0.784. The Balaban J connectivity index is 2.15. The van der Waals surface area contributed by atoms with Gasteiger partial charge in [-0.3, -0.25) is 0 Å². The van der Waals surface area contributed by atoms with E-state index < -0.39 is 0 Å². The number of nitrogens with one attached hydrogen (secondary N) is 1. The molecule has 1 aromatic rings. The summed E-state index contributed by atoms with van der Waals surface area (Å²) >= 11 is 0. The molecule has 3 heteroatoms. The van der Waals surface area contributed by atoms with Crippen molar-refractivity contribution in [2.75, 3.05) is 26.1 Å². The topological polar surface area (TPSA) is 30.5 Å². The van der Waals surface area contributed by atoms with E-state index in [1.165, 1.54) is 18.4 Å². The largest absolute Gasteiger partial charge is 0.493 e. The van der Waals surface area contributed by atoms with Crippen molar-refractivity contribution in [1.29, 1.82) is 0 Å². The van der Waals surface area contributed by atoms with Gasteiger partial charge in [-0.1, -0.05) is 0 Å². The molecule has 0 saturated heterocycles. The van der Waals surface area contributed by atoms with Gasteiger partial charge in [0, 0.05) is 18.3 Å². The van der Waals surface area contributed by atoms with Crippen LogP contribution in [0.5, 0.6) is 11.5 Å². The molecule has 0 aliphatic heterocycles. The summed E-state index contributed by atoms with van der Waals surface area (Å²) in [6.07, 6.45) is 2.72. The maximum atomic E-state index is 5.29. The lowest BCUT2D eigenvalue weighted by molar-refractivity contribution is 0.355. The fraction of sp³-hybridized carbons (Fsp3) is 0.538. The highest BCUT2D eigenvalue weighted by Crippen LogP contribution is 2.34. The molecule has 0 aromatic heterocycles. The number of hydrogen-bond acceptors (Lipinski definition) is 3. The van der Waals surface area contributed by atoms with Gasteiger partial charge in [0.2, 0.25) is 0 Å². The maximum Gasteiger partial charge on any atom is 0.162 e. The average Bonchev–Trinajstić information content (AvgIpc) is 3.11. The van der Waals surface area contributed by atoms with Crippen LogP contribution < -0.4 is 14.8 Å². The van der Waals surface area contributed by atoms with Crippen LogP contribution in [-0.2, 0) is 0 Å². The highest BCUT2D eigenvalue weighted by molar-refractivity contribution is 5.60. The molecule has 1 fully saturated rings. The van der Waals surface area contributed by atoms with Gasteiger partial charge in [0.15, 0.2) is 11.5 Å². The summed E-state index contributed by atoms with van der Waals surface area (Å²) in [6.45, 7) is 3.15. The Morgan fingerprint density at radius 3 is 2.38 bits per heavy atom. The number of benzene rings is 1. The van der Waals surface area contributed by atoms with Gasteiger partial charge < -0.3 is 14.8 Å². The van der Waals surface area contributed by atoms with Crippen LogP contribution in [0.25, 0.3) is 0 Å². The molecule has 0 unspecified atom stereocenters. The number of aryl methyl sites for hydroxylation is 1. The van der Waals surface area contributed by atoms with Crippen molar-refractivity contribution in [3.63, 3.8) is 0 Å². The smallest absolute Gasteiger partial charge is 0.162 e. The first-order valence-electron chi connectivity index (χ1n) is 5.71. The maximum absolute atomic E-state index is 5.29. The normalized spacial score (nSPS) is 14.7. The quantitative estimate of drug-likeness (QED) is 0.829. The van der Waals surface area contributed by atoms with Gasteiger partial charge in [0.1, 0.15) is 0 Å². The zero-order chi connectivity index (χ0) is 11.5. The summed E-state index contributed by atoms with van der Waals surface area (Å²) in [5.74, 6) is 2.44. The molecular formula is C13H19NO2. The molecule has 3 nitrogen and oxygen atoms in total. The molecule has 0 radical (unpaired) electrons. The number of methoxy groups -OCH3 is 2. The predicted molar refractivity (Wildman–Crippen MR) is 65.5 cm³/mol. The van der Waals surface area contributed by atoms with Gasteiger partial charge in [-0.15, -0.1) is 0 Å². The Hall–Kier alpha value is -1.38. The summed E-state index contributed by atoms with van der Waals surface area (Å²) in [5.41, 5.74) is 2.34. The Labute approximate surface area is 96.8 Å². The standard InChI is InChI=1S/C13H19NO2/c1-9-6-12(15-2)13(16-3)7-11(9)14-8-10-4-5-10/h6-7,10,14H,4-5,8H2,1-3H3. The van der Waals surface area contributed by atoms with Crippen LogP contribution in [0, 0.1) is 12.8 Å². The first-order valence-corrected chi connectivity index (χ1v) is 5.71. The summed E-state index contributed by atoms with van der Waals surface area (Å²) in [5, 5.41) is 3.47. The molecule has 16 heavy (non-hydrogen) atoms. The fourth-order valence-electron chi connectivity index (χ4n) is 1.75. The second-order valence-electron chi connectivity index (χ2n) is 4.35. The van der Waals surface area contributed by atoms with E-state index in [0.29, 0.717) is 0 Å². The van der Waals surface area contributed by atoms with E-state index in [1.54, 1.807) is 14.2 Å². The van der Waals surface area contributed by atoms with Crippen LogP contribution in [0.2, 0.25) is 0 Å². The molecule has 0 heterocycles. The molecule has 88 valence electrons. The lowest BCUT2D eigenvalue weighted by atomic mass is 10.1. The Morgan fingerprint density at radius 1 is 1.19 bits per heavy atom. The number of anilines is 1. The van der Waals surface area contributed by atoms with Gasteiger partial charge >= 0.3 is 0 Å². The van der Waals surface area contributed by atoms with E-state index in [2.05, 4.69) is 12.2 Å². The van der Waals surface area contributed by atoms with Gasteiger partial charge in [0.05, 0.1) is 14.2 Å². The molecular weight excluding hydrogens is 202 g/mol.